The maximum absolute atomic E-state index is 10.6. The van der Waals surface area contributed by atoms with E-state index >= 15 is 0 Å². The average molecular weight is 367 g/mol. The van der Waals surface area contributed by atoms with E-state index in [-0.39, 0.29) is 0 Å². The molecule has 130 valence electrons. The summed E-state index contributed by atoms with van der Waals surface area (Å²) in [6, 6.07) is 19.1. The van der Waals surface area contributed by atoms with E-state index in [0.717, 1.165) is 9.79 Å². The number of benzene rings is 2. The zero-order chi connectivity index (χ0) is 17.5. The first-order chi connectivity index (χ1) is 11.5. The van der Waals surface area contributed by atoms with E-state index in [4.69, 9.17) is 0 Å². The minimum absolute atomic E-state index is 0.446. The van der Waals surface area contributed by atoms with Gasteiger partial charge in [0.1, 0.15) is 18.3 Å². The van der Waals surface area contributed by atoms with Crippen molar-refractivity contribution in [3.63, 3.8) is 0 Å². The second kappa shape index (κ2) is 9.46. The molecule has 2 rings (SSSR count). The molecule has 0 heterocycles. The molecule has 4 nitrogen and oxygen atoms in total. The Bertz CT molecular complexity index is 553. The fourth-order valence-corrected chi connectivity index (χ4v) is 4.70. The van der Waals surface area contributed by atoms with Crippen molar-refractivity contribution in [2.45, 2.75) is 45.7 Å². The van der Waals surface area contributed by atoms with Crippen LogP contribution in [0.15, 0.2) is 70.5 Å². The summed E-state index contributed by atoms with van der Waals surface area (Å²) in [6.07, 6.45) is -5.19. The number of aliphatic hydroxyl groups excluding tert-OH is 4. The van der Waals surface area contributed by atoms with Crippen molar-refractivity contribution in [1.82, 2.24) is 0 Å². The molecule has 0 aliphatic carbocycles. The van der Waals surface area contributed by atoms with Crippen LogP contribution < -0.4 is 0 Å². The summed E-state index contributed by atoms with van der Waals surface area (Å²) in [5.41, 5.74) is 0. The van der Waals surface area contributed by atoms with Crippen LogP contribution in [0.3, 0.4) is 0 Å². The first kappa shape index (κ1) is 19.3. The fraction of sp³-hybridized carbons (Fsp3) is 0.333. The van der Waals surface area contributed by atoms with E-state index < -0.39 is 29.0 Å². The van der Waals surface area contributed by atoms with Crippen LogP contribution in [0.25, 0.3) is 0 Å². The first-order valence-corrected chi connectivity index (χ1v) is 9.40. The third kappa shape index (κ3) is 5.51. The second-order valence-corrected chi connectivity index (χ2v) is 8.17. The molecule has 0 bridgehead atoms. The van der Waals surface area contributed by atoms with Crippen LogP contribution in [0.1, 0.15) is 6.92 Å². The summed E-state index contributed by atoms with van der Waals surface area (Å²) in [5, 5.41) is 40.1. The number of hydrogen-bond donors (Lipinski definition) is 4. The minimum Gasteiger partial charge on any atom is -0.391 e. The highest BCUT2D eigenvalue weighted by atomic mass is 32.2. The molecule has 0 saturated heterocycles. The molecule has 2 aromatic rings. The van der Waals surface area contributed by atoms with Crippen LogP contribution in [-0.4, -0.2) is 49.4 Å². The largest absolute Gasteiger partial charge is 0.391 e. The minimum atomic E-state index is -1.44. The molecule has 0 aromatic heterocycles. The highest BCUT2D eigenvalue weighted by molar-refractivity contribution is 8.17. The van der Waals surface area contributed by atoms with Gasteiger partial charge in [-0.15, -0.1) is 23.5 Å². The number of hydrogen-bond acceptors (Lipinski definition) is 6. The molecule has 0 spiro atoms. The molecule has 0 unspecified atom stereocenters. The summed E-state index contributed by atoms with van der Waals surface area (Å²) >= 11 is 2.82. The maximum atomic E-state index is 10.6. The zero-order valence-electron chi connectivity index (χ0n) is 13.3. The summed E-state index contributed by atoms with van der Waals surface area (Å²) in [5.74, 6) is 0. The van der Waals surface area contributed by atoms with Gasteiger partial charge in [0, 0.05) is 9.79 Å². The Balaban J connectivity index is 2.18. The number of rotatable bonds is 8. The molecule has 0 amide bonds. The van der Waals surface area contributed by atoms with Crippen molar-refractivity contribution in [3.05, 3.63) is 60.7 Å². The average Bonchev–Trinajstić information content (AvgIpc) is 2.61. The predicted octanol–water partition coefficient (Wildman–Crippen LogP) is 2.36. The van der Waals surface area contributed by atoms with Gasteiger partial charge in [-0.25, -0.2) is 0 Å². The molecular formula is C18H22O4S2. The predicted molar refractivity (Wildman–Crippen MR) is 98.1 cm³/mol. The third-order valence-corrected chi connectivity index (χ3v) is 6.15. The van der Waals surface area contributed by atoms with Crippen LogP contribution in [0.5, 0.6) is 0 Å². The molecule has 0 aliphatic heterocycles. The van der Waals surface area contributed by atoms with Gasteiger partial charge in [-0.2, -0.15) is 0 Å². The van der Waals surface area contributed by atoms with Crippen molar-refractivity contribution in [2.24, 2.45) is 0 Å². The van der Waals surface area contributed by atoms with Gasteiger partial charge in [0.2, 0.25) is 0 Å². The lowest BCUT2D eigenvalue weighted by molar-refractivity contribution is -0.0952. The van der Waals surface area contributed by atoms with Crippen molar-refractivity contribution in [1.29, 1.82) is 0 Å². The fourth-order valence-electron chi connectivity index (χ4n) is 2.08. The van der Waals surface area contributed by atoms with E-state index in [0.29, 0.717) is 0 Å². The summed E-state index contributed by atoms with van der Waals surface area (Å²) < 4.78 is -0.446. The van der Waals surface area contributed by atoms with Gasteiger partial charge in [-0.1, -0.05) is 36.4 Å². The van der Waals surface area contributed by atoms with Crippen LogP contribution >= 0.6 is 23.5 Å². The maximum Gasteiger partial charge on any atom is 0.110 e. The Morgan fingerprint density at radius 2 is 1.04 bits per heavy atom. The summed E-state index contributed by atoms with van der Waals surface area (Å²) in [6.45, 7) is 1.38. The molecule has 6 heteroatoms. The summed E-state index contributed by atoms with van der Waals surface area (Å²) in [4.78, 5) is 1.90. The van der Waals surface area contributed by atoms with Crippen molar-refractivity contribution in [2.75, 3.05) is 0 Å². The quantitative estimate of drug-likeness (QED) is 0.424. The van der Waals surface area contributed by atoms with Crippen LogP contribution in [0, 0.1) is 0 Å². The Labute approximate surface area is 150 Å². The lowest BCUT2D eigenvalue weighted by Crippen LogP contribution is -2.46. The van der Waals surface area contributed by atoms with E-state index in [1.807, 2.05) is 60.7 Å². The SMILES string of the molecule is C[C@H](O)[C@@H](O)[C@@H](O)[C@H](O)C(Sc1ccccc1)Sc1ccccc1. The van der Waals surface area contributed by atoms with Crippen LogP contribution in [-0.2, 0) is 0 Å². The first-order valence-electron chi connectivity index (χ1n) is 7.64. The van der Waals surface area contributed by atoms with Gasteiger partial charge < -0.3 is 20.4 Å². The van der Waals surface area contributed by atoms with Crippen LogP contribution in [0.4, 0.5) is 0 Å². The number of aliphatic hydroxyl groups is 4. The van der Waals surface area contributed by atoms with E-state index in [9.17, 15) is 20.4 Å². The van der Waals surface area contributed by atoms with Gasteiger partial charge in [-0.3, -0.25) is 0 Å². The summed E-state index contributed by atoms with van der Waals surface area (Å²) in [7, 11) is 0. The highest BCUT2D eigenvalue weighted by Gasteiger charge is 2.34. The Kier molecular flexibility index (Phi) is 7.61. The molecular weight excluding hydrogens is 344 g/mol. The van der Waals surface area contributed by atoms with E-state index in [1.165, 1.54) is 30.4 Å². The lowest BCUT2D eigenvalue weighted by atomic mass is 10.1. The van der Waals surface area contributed by atoms with Crippen molar-refractivity contribution in [3.8, 4) is 0 Å². The van der Waals surface area contributed by atoms with Gasteiger partial charge in [0.25, 0.3) is 0 Å². The van der Waals surface area contributed by atoms with Gasteiger partial charge >= 0.3 is 0 Å². The molecule has 0 aliphatic rings. The second-order valence-electron chi connectivity index (χ2n) is 5.44. The molecule has 24 heavy (non-hydrogen) atoms. The Morgan fingerprint density at radius 1 is 0.625 bits per heavy atom. The molecule has 0 fully saturated rings. The van der Waals surface area contributed by atoms with Gasteiger partial charge in [0.05, 0.1) is 10.7 Å². The van der Waals surface area contributed by atoms with Crippen molar-refractivity contribution >= 4 is 23.5 Å². The normalized spacial score (nSPS) is 16.6. The third-order valence-electron chi connectivity index (χ3n) is 3.46. The smallest absolute Gasteiger partial charge is 0.110 e. The number of thioether (sulfide) groups is 2. The zero-order valence-corrected chi connectivity index (χ0v) is 14.9. The van der Waals surface area contributed by atoms with E-state index in [1.54, 1.807) is 0 Å². The molecule has 2 aromatic carbocycles. The highest BCUT2D eigenvalue weighted by Crippen LogP contribution is 2.38. The standard InChI is InChI=1S/C18H22O4S2/c1-12(19)15(20)16(21)17(22)18(23-13-8-4-2-5-9-13)24-14-10-6-3-7-11-14/h2-12,15-22H,1H3/t12-,15+,16+,17-/m0/s1. The Hall–Kier alpha value is -1.02. The van der Waals surface area contributed by atoms with Gasteiger partial charge in [-0.05, 0) is 31.2 Å². The molecule has 4 N–H and O–H groups in total. The molecule has 0 saturated carbocycles. The van der Waals surface area contributed by atoms with Crippen molar-refractivity contribution < 1.29 is 20.4 Å². The lowest BCUT2D eigenvalue weighted by Gasteiger charge is -2.30. The van der Waals surface area contributed by atoms with E-state index in [2.05, 4.69) is 0 Å². The monoisotopic (exact) mass is 366 g/mol. The van der Waals surface area contributed by atoms with Crippen LogP contribution in [0.2, 0.25) is 0 Å². The molecule has 4 atom stereocenters. The Morgan fingerprint density at radius 3 is 1.42 bits per heavy atom. The topological polar surface area (TPSA) is 80.9 Å². The van der Waals surface area contributed by atoms with Gasteiger partial charge in [0.15, 0.2) is 0 Å². The molecule has 0 radical (unpaired) electrons.